The molecule has 1 aromatic rings. The molecule has 7 nitrogen and oxygen atoms in total. The average molecular weight is 447 g/mol. The zero-order valence-corrected chi connectivity index (χ0v) is 17.7. The molecule has 0 N–H and O–H groups in total. The van der Waals surface area contributed by atoms with Crippen molar-refractivity contribution < 1.29 is 31.2 Å². The molecular weight excluding hydrogens is 428 g/mol. The molecule has 1 heterocycles. The number of rotatable bonds is 4. The molecule has 1 saturated carbocycles. The molecule has 1 atom stereocenters. The Balaban J connectivity index is 2.15. The highest BCUT2D eigenvalue weighted by atomic mass is 35.5. The van der Waals surface area contributed by atoms with E-state index in [0.29, 0.717) is 6.42 Å². The summed E-state index contributed by atoms with van der Waals surface area (Å²) < 4.78 is 48.5. The van der Waals surface area contributed by atoms with E-state index < -0.39 is 47.5 Å². The predicted molar refractivity (Wildman–Crippen MR) is 102 cm³/mol. The predicted octanol–water partition coefficient (Wildman–Crippen LogP) is 1.86. The highest BCUT2D eigenvalue weighted by Crippen LogP contribution is 2.42. The maximum Gasteiger partial charge on any atom is 0.196 e. The number of aryl methyl sites for hydroxylation is 1. The summed E-state index contributed by atoms with van der Waals surface area (Å²) in [5.74, 6) is -3.50. The van der Waals surface area contributed by atoms with Gasteiger partial charge in [-0.25, -0.2) is 16.8 Å². The van der Waals surface area contributed by atoms with Crippen molar-refractivity contribution in [3.63, 3.8) is 0 Å². The maximum atomic E-state index is 12.9. The van der Waals surface area contributed by atoms with E-state index >= 15 is 0 Å². The minimum atomic E-state index is -4.18. The zero-order chi connectivity index (χ0) is 21.0. The first-order valence-electron chi connectivity index (χ1n) is 8.80. The van der Waals surface area contributed by atoms with Gasteiger partial charge >= 0.3 is 0 Å². The Morgan fingerprint density at radius 1 is 1.21 bits per heavy atom. The van der Waals surface area contributed by atoms with E-state index in [-0.39, 0.29) is 51.6 Å². The van der Waals surface area contributed by atoms with Crippen molar-refractivity contribution >= 4 is 48.6 Å². The highest BCUT2D eigenvalue weighted by molar-refractivity contribution is 8.09. The van der Waals surface area contributed by atoms with E-state index in [1.165, 1.54) is 19.9 Å². The molecular formula is C18H19ClO7S2. The second kappa shape index (κ2) is 7.03. The molecule has 1 aliphatic carbocycles. The van der Waals surface area contributed by atoms with Crippen LogP contribution in [-0.2, 0) is 35.7 Å². The van der Waals surface area contributed by atoms with E-state index in [9.17, 15) is 31.2 Å². The third-order valence-electron chi connectivity index (χ3n) is 5.32. The molecule has 152 valence electrons. The van der Waals surface area contributed by atoms with Gasteiger partial charge in [0.15, 0.2) is 41.6 Å². The molecule has 1 fully saturated rings. The molecule has 3 rings (SSSR count). The van der Waals surface area contributed by atoms with Gasteiger partial charge in [0, 0.05) is 30.6 Å². The second-order valence-corrected chi connectivity index (χ2v) is 12.3. The van der Waals surface area contributed by atoms with Gasteiger partial charge in [0.2, 0.25) is 0 Å². The van der Waals surface area contributed by atoms with Crippen molar-refractivity contribution in [2.45, 2.75) is 49.0 Å². The van der Waals surface area contributed by atoms with Crippen molar-refractivity contribution in [3.05, 3.63) is 27.8 Å². The Hall–Kier alpha value is -1.58. The molecule has 0 bridgehead atoms. The number of Topliss-reactive ketones (excluding diaryl/α,β-unsaturated/α-hetero) is 3. The lowest BCUT2D eigenvalue weighted by molar-refractivity contribution is -0.133. The summed E-state index contributed by atoms with van der Waals surface area (Å²) >= 11 is 6.32. The van der Waals surface area contributed by atoms with Gasteiger partial charge in [-0.2, -0.15) is 0 Å². The molecule has 0 spiro atoms. The summed E-state index contributed by atoms with van der Waals surface area (Å²) in [4.78, 5) is 36.9. The minimum absolute atomic E-state index is 0.0581. The van der Waals surface area contributed by atoms with Gasteiger partial charge in [-0.15, -0.1) is 0 Å². The Morgan fingerprint density at radius 3 is 2.32 bits per heavy atom. The van der Waals surface area contributed by atoms with Crippen LogP contribution in [0, 0.1) is 12.8 Å². The van der Waals surface area contributed by atoms with Crippen molar-refractivity contribution in [3.8, 4) is 0 Å². The number of carbonyl (C=O) groups is 3. The van der Waals surface area contributed by atoms with Crippen LogP contribution in [-0.4, -0.2) is 44.5 Å². The smallest absolute Gasteiger partial charge is 0.196 e. The first-order valence-corrected chi connectivity index (χ1v) is 12.4. The third-order valence-corrected chi connectivity index (χ3v) is 11.2. The van der Waals surface area contributed by atoms with Crippen LogP contribution in [0.25, 0.3) is 0 Å². The molecule has 1 aliphatic heterocycles. The summed E-state index contributed by atoms with van der Waals surface area (Å²) in [7, 11) is -8.09. The number of benzene rings is 1. The Kier molecular flexibility index (Phi) is 5.31. The fourth-order valence-electron chi connectivity index (χ4n) is 3.87. The molecule has 0 amide bonds. The number of carbonyl (C=O) groups excluding carboxylic acids is 3. The van der Waals surface area contributed by atoms with E-state index in [1.54, 1.807) is 0 Å². The van der Waals surface area contributed by atoms with E-state index in [1.807, 2.05) is 0 Å². The largest absolute Gasteiger partial charge is 0.298 e. The number of halogens is 1. The maximum absolute atomic E-state index is 12.9. The SMILES string of the molecule is CCS(=O)(=O)C1Cc2c(Cl)c(C(=O)C3C(=O)CCCC3=O)cc(C)c2S1(=O)=O. The number of ketones is 3. The summed E-state index contributed by atoms with van der Waals surface area (Å²) in [5.41, 5.74) is 0.117. The second-order valence-electron chi connectivity index (χ2n) is 7.08. The number of fused-ring (bicyclic) bond motifs is 1. The first-order chi connectivity index (χ1) is 12.9. The van der Waals surface area contributed by atoms with Gasteiger partial charge < -0.3 is 0 Å². The van der Waals surface area contributed by atoms with Crippen LogP contribution in [0.2, 0.25) is 5.02 Å². The monoisotopic (exact) mass is 446 g/mol. The number of hydrogen-bond acceptors (Lipinski definition) is 7. The molecule has 0 radical (unpaired) electrons. The topological polar surface area (TPSA) is 119 Å². The zero-order valence-electron chi connectivity index (χ0n) is 15.3. The third kappa shape index (κ3) is 3.13. The molecule has 0 aromatic heterocycles. The Labute approximate surface area is 168 Å². The summed E-state index contributed by atoms with van der Waals surface area (Å²) in [6.07, 6.45) is 0.276. The molecule has 1 aromatic carbocycles. The van der Waals surface area contributed by atoms with Crippen LogP contribution in [0.4, 0.5) is 0 Å². The minimum Gasteiger partial charge on any atom is -0.298 e. The van der Waals surface area contributed by atoms with E-state index in [0.717, 1.165) is 0 Å². The van der Waals surface area contributed by atoms with Gasteiger partial charge in [-0.1, -0.05) is 18.5 Å². The molecule has 0 saturated heterocycles. The standard InChI is InChI=1S/C18H19ClO7S2/c1-3-27(23,24)14-8-11-16(19)10(7-9(2)18(11)28(14,25)26)17(22)15-12(20)5-4-6-13(15)21/h7,14-15H,3-6,8H2,1-2H3. The fourth-order valence-corrected chi connectivity index (χ4v) is 8.96. The van der Waals surface area contributed by atoms with Crippen LogP contribution in [0.1, 0.15) is 47.7 Å². The van der Waals surface area contributed by atoms with Crippen molar-refractivity contribution in [1.82, 2.24) is 0 Å². The van der Waals surface area contributed by atoms with Gasteiger partial charge in [-0.3, -0.25) is 14.4 Å². The fraction of sp³-hybridized carbons (Fsp3) is 0.500. The first kappa shape index (κ1) is 21.1. The van der Waals surface area contributed by atoms with Crippen LogP contribution in [0.3, 0.4) is 0 Å². The Bertz CT molecular complexity index is 1100. The van der Waals surface area contributed by atoms with Crippen molar-refractivity contribution in [1.29, 1.82) is 0 Å². The molecule has 1 unspecified atom stereocenters. The quantitative estimate of drug-likeness (QED) is 0.511. The van der Waals surface area contributed by atoms with Crippen LogP contribution in [0.15, 0.2) is 11.0 Å². The van der Waals surface area contributed by atoms with Gasteiger partial charge in [-0.05, 0) is 30.5 Å². The lowest BCUT2D eigenvalue weighted by Crippen LogP contribution is -2.35. The molecule has 28 heavy (non-hydrogen) atoms. The van der Waals surface area contributed by atoms with Gasteiger partial charge in [0.25, 0.3) is 0 Å². The number of sulfone groups is 2. The summed E-state index contributed by atoms with van der Waals surface area (Å²) in [6.45, 7) is 2.80. The number of hydrogen-bond donors (Lipinski definition) is 0. The van der Waals surface area contributed by atoms with Crippen molar-refractivity contribution in [2.24, 2.45) is 5.92 Å². The van der Waals surface area contributed by atoms with Crippen LogP contribution < -0.4 is 0 Å². The normalized spacial score (nSPS) is 22.3. The highest BCUT2D eigenvalue weighted by Gasteiger charge is 2.48. The summed E-state index contributed by atoms with van der Waals surface area (Å²) in [5, 5.41) is -0.200. The van der Waals surface area contributed by atoms with Crippen molar-refractivity contribution in [2.75, 3.05) is 5.75 Å². The van der Waals surface area contributed by atoms with E-state index in [2.05, 4.69) is 0 Å². The lowest BCUT2D eigenvalue weighted by atomic mass is 9.81. The molecule has 10 heteroatoms. The van der Waals surface area contributed by atoms with Gasteiger partial charge in [0.05, 0.1) is 9.92 Å². The van der Waals surface area contributed by atoms with Gasteiger partial charge in [0.1, 0.15) is 5.92 Å². The lowest BCUT2D eigenvalue weighted by Gasteiger charge is -2.19. The van der Waals surface area contributed by atoms with E-state index in [4.69, 9.17) is 11.6 Å². The van der Waals surface area contributed by atoms with Crippen LogP contribution in [0.5, 0.6) is 0 Å². The average Bonchev–Trinajstić information content (AvgIpc) is 2.90. The molecule has 2 aliphatic rings. The van der Waals surface area contributed by atoms with Crippen LogP contribution >= 0.6 is 11.6 Å². The Morgan fingerprint density at radius 2 is 1.79 bits per heavy atom. The summed E-state index contributed by atoms with van der Waals surface area (Å²) in [6, 6.07) is 1.23.